The lowest BCUT2D eigenvalue weighted by molar-refractivity contribution is 0.0935. The van der Waals surface area contributed by atoms with Gasteiger partial charge in [-0.05, 0) is 11.8 Å². The lowest BCUT2D eigenvalue weighted by atomic mass is 9.98. The summed E-state index contributed by atoms with van der Waals surface area (Å²) in [6.07, 6.45) is 0. The van der Waals surface area contributed by atoms with Crippen LogP contribution in [0.15, 0.2) is 0 Å². The molecular weight excluding hydrogens is 216 g/mol. The van der Waals surface area contributed by atoms with E-state index in [1.165, 1.54) is 0 Å². The third-order valence-corrected chi connectivity index (χ3v) is 2.98. The van der Waals surface area contributed by atoms with Gasteiger partial charge in [0.2, 0.25) is 5.82 Å². The molecule has 0 fully saturated rings. The number of nitrogens with one attached hydrogen (secondary N) is 2. The van der Waals surface area contributed by atoms with Crippen molar-refractivity contribution in [1.29, 1.82) is 0 Å². The maximum atomic E-state index is 11.8. The fourth-order valence-corrected chi connectivity index (χ4v) is 1.20. The Balaban J connectivity index is 2.52. The predicted molar refractivity (Wildman–Crippen MR) is 66.8 cm³/mol. The maximum Gasteiger partial charge on any atom is 0.290 e. The predicted octanol–water partition coefficient (Wildman–Crippen LogP) is 1.95. The van der Waals surface area contributed by atoms with Crippen LogP contribution in [0.3, 0.4) is 0 Å². The summed E-state index contributed by atoms with van der Waals surface area (Å²) in [7, 11) is 0. The van der Waals surface area contributed by atoms with Crippen molar-refractivity contribution >= 4 is 5.91 Å². The van der Waals surface area contributed by atoms with Crippen LogP contribution in [0.2, 0.25) is 0 Å². The Morgan fingerprint density at radius 1 is 1.29 bits per heavy atom. The van der Waals surface area contributed by atoms with E-state index in [2.05, 4.69) is 41.3 Å². The minimum atomic E-state index is -0.208. The molecule has 96 valence electrons. The summed E-state index contributed by atoms with van der Waals surface area (Å²) in [5.74, 6) is 2.01. The highest BCUT2D eigenvalue weighted by atomic mass is 16.2. The molecule has 0 aliphatic heterocycles. The number of nitrogens with zero attached hydrogens (tertiary/aromatic N) is 2. The molecular formula is C12H22N4O. The minimum absolute atomic E-state index is 0.208. The third-order valence-electron chi connectivity index (χ3n) is 2.98. The maximum absolute atomic E-state index is 11.8. The molecule has 1 atom stereocenters. The molecule has 0 saturated carbocycles. The normalized spacial score (nSPS) is 13.1. The first-order valence-corrected chi connectivity index (χ1v) is 6.12. The fourth-order valence-electron chi connectivity index (χ4n) is 1.20. The average Bonchev–Trinajstić information content (AvgIpc) is 2.74. The highest BCUT2D eigenvalue weighted by Crippen LogP contribution is 2.09. The first kappa shape index (κ1) is 13.7. The van der Waals surface area contributed by atoms with E-state index in [1.54, 1.807) is 0 Å². The largest absolute Gasteiger partial charge is 0.349 e. The van der Waals surface area contributed by atoms with Gasteiger partial charge in [0.05, 0.1) is 0 Å². The van der Waals surface area contributed by atoms with Crippen LogP contribution in [0.4, 0.5) is 0 Å². The highest BCUT2D eigenvalue weighted by Gasteiger charge is 2.15. The molecule has 5 heteroatoms. The number of carbonyl (C=O) groups excluding carboxylic acids is 1. The second-order valence-electron chi connectivity index (χ2n) is 5.13. The summed E-state index contributed by atoms with van der Waals surface area (Å²) in [5, 5.41) is 9.53. The van der Waals surface area contributed by atoms with Crippen molar-refractivity contribution in [3.63, 3.8) is 0 Å². The SMILES string of the molecule is CC(C)c1nc(C(=O)NCC(C)C(C)C)n[nH]1. The van der Waals surface area contributed by atoms with Crippen LogP contribution >= 0.6 is 0 Å². The van der Waals surface area contributed by atoms with Crippen molar-refractivity contribution in [2.24, 2.45) is 11.8 Å². The van der Waals surface area contributed by atoms with Crippen LogP contribution in [0.5, 0.6) is 0 Å². The molecule has 1 aromatic heterocycles. The van der Waals surface area contributed by atoms with E-state index in [1.807, 2.05) is 13.8 Å². The van der Waals surface area contributed by atoms with Gasteiger partial charge in [0.15, 0.2) is 0 Å². The van der Waals surface area contributed by atoms with Gasteiger partial charge in [-0.15, -0.1) is 5.10 Å². The summed E-state index contributed by atoms with van der Waals surface area (Å²) in [6.45, 7) is 11.1. The van der Waals surface area contributed by atoms with Gasteiger partial charge in [0.25, 0.3) is 5.91 Å². The van der Waals surface area contributed by atoms with Gasteiger partial charge >= 0.3 is 0 Å². The molecule has 0 aromatic carbocycles. The Hall–Kier alpha value is -1.39. The van der Waals surface area contributed by atoms with Crippen LogP contribution in [-0.4, -0.2) is 27.6 Å². The summed E-state index contributed by atoms with van der Waals surface area (Å²) >= 11 is 0. The zero-order valence-corrected chi connectivity index (χ0v) is 11.2. The molecule has 1 amide bonds. The number of carbonyl (C=O) groups is 1. The summed E-state index contributed by atoms with van der Waals surface area (Å²) in [4.78, 5) is 15.9. The molecule has 0 bridgehead atoms. The number of hydrogen-bond acceptors (Lipinski definition) is 3. The van der Waals surface area contributed by atoms with Gasteiger partial charge in [-0.25, -0.2) is 4.98 Å². The highest BCUT2D eigenvalue weighted by molar-refractivity contribution is 5.90. The van der Waals surface area contributed by atoms with Crippen molar-refractivity contribution in [1.82, 2.24) is 20.5 Å². The van der Waals surface area contributed by atoms with Crippen molar-refractivity contribution in [3.05, 3.63) is 11.6 Å². The van der Waals surface area contributed by atoms with Crippen LogP contribution in [0.25, 0.3) is 0 Å². The summed E-state index contributed by atoms with van der Waals surface area (Å²) < 4.78 is 0. The first-order valence-electron chi connectivity index (χ1n) is 6.12. The Labute approximate surface area is 102 Å². The number of hydrogen-bond donors (Lipinski definition) is 2. The molecule has 2 N–H and O–H groups in total. The lowest BCUT2D eigenvalue weighted by Gasteiger charge is -2.15. The monoisotopic (exact) mass is 238 g/mol. The molecule has 1 rings (SSSR count). The molecule has 0 saturated heterocycles. The van der Waals surface area contributed by atoms with Gasteiger partial charge in [0.1, 0.15) is 5.82 Å². The molecule has 1 aromatic rings. The van der Waals surface area contributed by atoms with Crippen molar-refractivity contribution in [3.8, 4) is 0 Å². The minimum Gasteiger partial charge on any atom is -0.349 e. The molecule has 1 unspecified atom stereocenters. The Morgan fingerprint density at radius 3 is 2.41 bits per heavy atom. The van der Waals surface area contributed by atoms with Crippen LogP contribution in [0, 0.1) is 11.8 Å². The summed E-state index contributed by atoms with van der Waals surface area (Å²) in [6, 6.07) is 0. The Kier molecular flexibility index (Phi) is 4.66. The standard InChI is InChI=1S/C12H22N4O/c1-7(2)9(5)6-13-12(17)11-14-10(8(3)4)15-16-11/h7-9H,6H2,1-5H3,(H,13,17)(H,14,15,16). The van der Waals surface area contributed by atoms with E-state index in [0.717, 1.165) is 5.82 Å². The molecule has 5 nitrogen and oxygen atoms in total. The van der Waals surface area contributed by atoms with Gasteiger partial charge in [-0.2, -0.15) is 0 Å². The van der Waals surface area contributed by atoms with E-state index >= 15 is 0 Å². The third kappa shape index (κ3) is 3.84. The smallest absolute Gasteiger partial charge is 0.290 e. The quantitative estimate of drug-likeness (QED) is 0.823. The fraction of sp³-hybridized carbons (Fsp3) is 0.750. The zero-order chi connectivity index (χ0) is 13.0. The lowest BCUT2D eigenvalue weighted by Crippen LogP contribution is -2.30. The second-order valence-corrected chi connectivity index (χ2v) is 5.13. The van der Waals surface area contributed by atoms with Crippen LogP contribution < -0.4 is 5.32 Å². The second kappa shape index (κ2) is 5.80. The molecule has 0 aliphatic carbocycles. The van der Waals surface area contributed by atoms with Gasteiger partial charge in [0, 0.05) is 12.5 Å². The van der Waals surface area contributed by atoms with E-state index in [0.29, 0.717) is 18.4 Å². The van der Waals surface area contributed by atoms with E-state index < -0.39 is 0 Å². The van der Waals surface area contributed by atoms with E-state index in [4.69, 9.17) is 0 Å². The Morgan fingerprint density at radius 2 is 1.94 bits per heavy atom. The Bertz CT molecular complexity index is 370. The van der Waals surface area contributed by atoms with Gasteiger partial charge < -0.3 is 5.32 Å². The van der Waals surface area contributed by atoms with Gasteiger partial charge in [-0.3, -0.25) is 9.89 Å². The van der Waals surface area contributed by atoms with Crippen molar-refractivity contribution in [2.75, 3.05) is 6.54 Å². The van der Waals surface area contributed by atoms with Crippen molar-refractivity contribution in [2.45, 2.75) is 40.5 Å². The average molecular weight is 238 g/mol. The molecule has 0 radical (unpaired) electrons. The topological polar surface area (TPSA) is 70.7 Å². The number of H-pyrrole nitrogens is 1. The first-order chi connectivity index (χ1) is 7.91. The number of aromatic amines is 1. The van der Waals surface area contributed by atoms with Crippen LogP contribution in [0.1, 0.15) is 57.0 Å². The van der Waals surface area contributed by atoms with E-state index in [-0.39, 0.29) is 17.6 Å². The van der Waals surface area contributed by atoms with Crippen molar-refractivity contribution < 1.29 is 4.79 Å². The molecule has 1 heterocycles. The number of amides is 1. The van der Waals surface area contributed by atoms with Gasteiger partial charge in [-0.1, -0.05) is 34.6 Å². The molecule has 0 spiro atoms. The number of rotatable bonds is 5. The number of aromatic nitrogens is 3. The van der Waals surface area contributed by atoms with E-state index in [9.17, 15) is 4.79 Å². The molecule has 17 heavy (non-hydrogen) atoms. The van der Waals surface area contributed by atoms with Crippen LogP contribution in [-0.2, 0) is 0 Å². The summed E-state index contributed by atoms with van der Waals surface area (Å²) in [5.41, 5.74) is 0. The molecule has 0 aliphatic rings. The zero-order valence-electron chi connectivity index (χ0n) is 11.2.